The van der Waals surface area contributed by atoms with Crippen LogP contribution in [0.4, 0.5) is 0 Å². The van der Waals surface area contributed by atoms with E-state index >= 15 is 0 Å². The summed E-state index contributed by atoms with van der Waals surface area (Å²) in [6.07, 6.45) is 3.95. The first-order valence-corrected chi connectivity index (χ1v) is 8.14. The number of hydrogen-bond acceptors (Lipinski definition) is 4. The molecular weight excluding hydrogens is 310 g/mol. The Morgan fingerprint density at radius 1 is 1.38 bits per heavy atom. The summed E-state index contributed by atoms with van der Waals surface area (Å²) < 4.78 is 7.35. The van der Waals surface area contributed by atoms with E-state index in [4.69, 9.17) is 4.42 Å². The summed E-state index contributed by atoms with van der Waals surface area (Å²) in [5, 5.41) is 13.4. The first kappa shape index (κ1) is 16.3. The zero-order valence-electron chi connectivity index (χ0n) is 13.9. The van der Waals surface area contributed by atoms with Gasteiger partial charge in [0.25, 0.3) is 5.91 Å². The summed E-state index contributed by atoms with van der Waals surface area (Å²) in [5.74, 6) is -0.456. The molecule has 7 heteroatoms. The van der Waals surface area contributed by atoms with Gasteiger partial charge in [0.05, 0.1) is 0 Å². The van der Waals surface area contributed by atoms with Crippen LogP contribution in [0.3, 0.4) is 0 Å². The summed E-state index contributed by atoms with van der Waals surface area (Å²) in [6.45, 7) is 3.05. The van der Waals surface area contributed by atoms with Crippen LogP contribution in [0.2, 0.25) is 0 Å². The van der Waals surface area contributed by atoms with E-state index in [1.165, 1.54) is 11.8 Å². The van der Waals surface area contributed by atoms with E-state index < -0.39 is 5.97 Å². The van der Waals surface area contributed by atoms with Crippen LogP contribution in [-0.4, -0.2) is 44.8 Å². The van der Waals surface area contributed by atoms with Crippen molar-refractivity contribution in [2.45, 2.75) is 32.1 Å². The molecule has 7 nitrogen and oxygen atoms in total. The molecule has 2 aromatic heterocycles. The van der Waals surface area contributed by atoms with Gasteiger partial charge in [-0.1, -0.05) is 6.92 Å². The van der Waals surface area contributed by atoms with Crippen LogP contribution >= 0.6 is 0 Å². The first-order valence-electron chi connectivity index (χ1n) is 8.14. The fourth-order valence-electron chi connectivity index (χ4n) is 3.30. The van der Waals surface area contributed by atoms with Crippen molar-refractivity contribution in [1.29, 1.82) is 0 Å². The van der Waals surface area contributed by atoms with Crippen LogP contribution in [0.15, 0.2) is 22.7 Å². The second-order valence-corrected chi connectivity index (χ2v) is 6.05. The van der Waals surface area contributed by atoms with E-state index in [0.717, 1.165) is 12.8 Å². The number of hydrogen-bond donors (Lipinski definition) is 1. The van der Waals surface area contributed by atoms with Crippen molar-refractivity contribution in [3.63, 3.8) is 0 Å². The van der Waals surface area contributed by atoms with Gasteiger partial charge in [-0.25, -0.2) is 4.79 Å². The summed E-state index contributed by atoms with van der Waals surface area (Å²) in [6, 6.07) is 3.36. The number of aromatic carboxylic acids is 1. The van der Waals surface area contributed by atoms with Crippen molar-refractivity contribution >= 4 is 11.9 Å². The predicted octanol–water partition coefficient (Wildman–Crippen LogP) is 2.29. The summed E-state index contributed by atoms with van der Waals surface area (Å²) >= 11 is 0. The minimum Gasteiger partial charge on any atom is -0.478 e. The topological polar surface area (TPSA) is 88.6 Å². The van der Waals surface area contributed by atoms with E-state index in [9.17, 15) is 14.7 Å². The molecule has 3 heterocycles. The average Bonchev–Trinajstić information content (AvgIpc) is 3.20. The highest BCUT2D eigenvalue weighted by Gasteiger charge is 2.29. The highest BCUT2D eigenvalue weighted by atomic mass is 16.4. The standard InChI is InChI=1S/C17H21N3O4/c1-3-14-12(17(22)23)10-15(24-14)16(21)20-8-5-11(6-9-20)13-4-7-18-19(13)2/h4,7,10-11H,3,5-6,8-9H2,1-2H3,(H,22,23). The molecule has 1 amide bonds. The van der Waals surface area contributed by atoms with Gasteiger partial charge in [-0.3, -0.25) is 9.48 Å². The molecule has 0 bridgehead atoms. The predicted molar refractivity (Wildman–Crippen MR) is 86.1 cm³/mol. The van der Waals surface area contributed by atoms with Crippen LogP contribution in [0.1, 0.15) is 58.1 Å². The Balaban J connectivity index is 1.69. The molecule has 128 valence electrons. The molecular formula is C17H21N3O4. The molecule has 1 aliphatic rings. The molecule has 24 heavy (non-hydrogen) atoms. The maximum atomic E-state index is 12.6. The van der Waals surface area contributed by atoms with Gasteiger partial charge in [0.2, 0.25) is 0 Å². The van der Waals surface area contributed by atoms with Gasteiger partial charge < -0.3 is 14.4 Å². The zero-order valence-corrected chi connectivity index (χ0v) is 13.9. The number of carboxylic acids is 1. The first-order chi connectivity index (χ1) is 11.5. The quantitative estimate of drug-likeness (QED) is 0.928. The molecule has 0 atom stereocenters. The molecule has 0 unspecified atom stereocenters. The van der Waals surface area contributed by atoms with E-state index in [-0.39, 0.29) is 17.2 Å². The van der Waals surface area contributed by atoms with E-state index in [2.05, 4.69) is 5.10 Å². The van der Waals surface area contributed by atoms with E-state index in [1.807, 2.05) is 17.8 Å². The molecule has 0 radical (unpaired) electrons. The van der Waals surface area contributed by atoms with E-state index in [1.54, 1.807) is 18.0 Å². The van der Waals surface area contributed by atoms with Gasteiger partial charge in [0.1, 0.15) is 11.3 Å². The number of rotatable bonds is 4. The van der Waals surface area contributed by atoms with Gasteiger partial charge in [-0.2, -0.15) is 5.10 Å². The molecule has 0 spiro atoms. The van der Waals surface area contributed by atoms with Crippen LogP contribution in [0, 0.1) is 0 Å². The Morgan fingerprint density at radius 3 is 2.58 bits per heavy atom. The SMILES string of the molecule is CCc1oc(C(=O)N2CCC(c3ccnn3C)CC2)cc1C(=O)O. The molecule has 2 aromatic rings. The number of nitrogens with zero attached hydrogens (tertiary/aromatic N) is 3. The van der Waals surface area contributed by atoms with Gasteiger partial charge in [-0.05, 0) is 18.9 Å². The second kappa shape index (κ2) is 6.51. The van der Waals surface area contributed by atoms with Crippen LogP contribution in [0.5, 0.6) is 0 Å². The number of carbonyl (C=O) groups excluding carboxylic acids is 1. The van der Waals surface area contributed by atoms with Crippen molar-refractivity contribution < 1.29 is 19.1 Å². The molecule has 0 aromatic carbocycles. The van der Waals surface area contributed by atoms with Gasteiger partial charge >= 0.3 is 5.97 Å². The Labute approximate surface area is 139 Å². The molecule has 1 saturated heterocycles. The number of furan rings is 1. The molecule has 1 N–H and O–H groups in total. The van der Waals surface area contributed by atoms with Gasteiger partial charge in [0.15, 0.2) is 5.76 Å². The molecule has 0 saturated carbocycles. The van der Waals surface area contributed by atoms with Crippen molar-refractivity contribution in [3.05, 3.63) is 41.1 Å². The third-order valence-electron chi connectivity index (χ3n) is 4.63. The number of aryl methyl sites for hydroxylation is 2. The van der Waals surface area contributed by atoms with Gasteiger partial charge in [-0.15, -0.1) is 0 Å². The number of aromatic nitrogens is 2. The molecule has 1 aliphatic heterocycles. The normalized spacial score (nSPS) is 15.7. The third-order valence-corrected chi connectivity index (χ3v) is 4.63. The van der Waals surface area contributed by atoms with Crippen molar-refractivity contribution in [3.8, 4) is 0 Å². The summed E-state index contributed by atoms with van der Waals surface area (Å²) in [4.78, 5) is 25.5. The van der Waals surface area contributed by atoms with Crippen molar-refractivity contribution in [2.24, 2.45) is 7.05 Å². The molecule has 0 aliphatic carbocycles. The Morgan fingerprint density at radius 2 is 2.08 bits per heavy atom. The Kier molecular flexibility index (Phi) is 4.42. The number of piperidine rings is 1. The highest BCUT2D eigenvalue weighted by molar-refractivity contribution is 5.96. The smallest absolute Gasteiger partial charge is 0.339 e. The number of carbonyl (C=O) groups is 2. The Bertz CT molecular complexity index is 754. The lowest BCUT2D eigenvalue weighted by Crippen LogP contribution is -2.38. The average molecular weight is 331 g/mol. The maximum Gasteiger partial charge on any atom is 0.339 e. The Hall–Kier alpha value is -2.57. The van der Waals surface area contributed by atoms with Crippen LogP contribution in [-0.2, 0) is 13.5 Å². The highest BCUT2D eigenvalue weighted by Crippen LogP contribution is 2.28. The number of likely N-dealkylation sites (tertiary alicyclic amines) is 1. The largest absolute Gasteiger partial charge is 0.478 e. The fraction of sp³-hybridized carbons (Fsp3) is 0.471. The van der Waals surface area contributed by atoms with Gasteiger partial charge in [0, 0.05) is 50.4 Å². The summed E-state index contributed by atoms with van der Waals surface area (Å²) in [7, 11) is 1.93. The van der Waals surface area contributed by atoms with E-state index in [0.29, 0.717) is 31.2 Å². The molecule has 3 rings (SSSR count). The van der Waals surface area contributed by atoms with Crippen molar-refractivity contribution in [1.82, 2.24) is 14.7 Å². The maximum absolute atomic E-state index is 12.6. The third kappa shape index (κ3) is 2.93. The second-order valence-electron chi connectivity index (χ2n) is 6.05. The minimum absolute atomic E-state index is 0.0746. The lowest BCUT2D eigenvalue weighted by Gasteiger charge is -2.31. The number of carboxylic acid groups (broad SMARTS) is 1. The van der Waals surface area contributed by atoms with Crippen LogP contribution < -0.4 is 0 Å². The lowest BCUT2D eigenvalue weighted by molar-refractivity contribution is 0.0672. The zero-order chi connectivity index (χ0) is 17.3. The molecule has 1 fully saturated rings. The van der Waals surface area contributed by atoms with Crippen molar-refractivity contribution in [2.75, 3.05) is 13.1 Å². The lowest BCUT2D eigenvalue weighted by atomic mass is 9.93. The van der Waals surface area contributed by atoms with Crippen LogP contribution in [0.25, 0.3) is 0 Å². The minimum atomic E-state index is -1.07. The monoisotopic (exact) mass is 331 g/mol. The fourth-order valence-corrected chi connectivity index (χ4v) is 3.30. The summed E-state index contributed by atoms with van der Waals surface area (Å²) in [5.41, 5.74) is 1.26. The number of amides is 1.